The van der Waals surface area contributed by atoms with Crippen molar-refractivity contribution >= 4 is 117 Å². The number of carbonyl (C=O) groups is 1. The van der Waals surface area contributed by atoms with Crippen LogP contribution >= 0.6 is 52.9 Å². The van der Waals surface area contributed by atoms with Gasteiger partial charge in [-0.3, -0.25) is 9.36 Å². The second-order valence-electron chi connectivity index (χ2n) is 21.0. The number of hydrogen-bond acceptors (Lipinski definition) is 26. The Labute approximate surface area is 575 Å². The molecule has 0 saturated carbocycles. The zero-order valence-electron chi connectivity index (χ0n) is 53.2. The average molecular weight is 1390 g/mol. The lowest BCUT2D eigenvalue weighted by Crippen LogP contribution is -2.03. The molecule has 23 nitrogen and oxygen atoms in total. The van der Waals surface area contributed by atoms with Gasteiger partial charge in [-0.05, 0) is 136 Å². The summed E-state index contributed by atoms with van der Waals surface area (Å²) in [7, 11) is -3.11. The van der Waals surface area contributed by atoms with Crippen molar-refractivity contribution in [2.45, 2.75) is 53.8 Å². The standard InChI is InChI=1S/C21H18N4OS.C18H21N4O3PS.C16H13N5OS.C14H13N5S/c1-15-23-20(14-27-15)19-10-11-22-21(25-19)24-17-8-5-9-18(12-17)26-13-16-6-3-2-4-7-16;1-3-24-26(23,25-4-2)11-14-5-7-15(8-6-14)21-18-19-10-9-16(22-18)17-12-27-13-20-17;1-9-18-14(8-23-9)13-4-5-17-16(21-13)19-11-2-3-12-10(6-11)7-15(22)20-12;1-9-17-13(8-20-9)12-5-6-16-14(19-12)18-11-4-2-3-10(15)7-11/h2-12,14H,13H2,1H3,(H,22,24,25);5-10,12-13H,3-4,11H2,1-2H3,(H,19,21,22);2-6,8H,7H2,1H3,(H,20,22)(H,17,19,21);2-8H,15H2,1H3,(H,16,18,19). The SMILES string of the molecule is CCOP(=O)(Cc1ccc(Nc2nccc(-c3cscn3)n2)cc1)OCC.Cc1nc(-c2ccnc(Nc3ccc4c(c3)CC(=O)N4)n2)cs1.Cc1nc(-c2ccnc(Nc3cccc(N)c3)n2)cs1.Cc1nc(-c2ccnc(Nc3cccc(OCc4ccccc4)c3)n2)cs1. The number of amides is 1. The number of fused-ring (bicyclic) bond motifs is 1. The van der Waals surface area contributed by atoms with Gasteiger partial charge < -0.3 is 46.1 Å². The van der Waals surface area contributed by atoms with Gasteiger partial charge in [-0.15, -0.1) is 45.3 Å². The van der Waals surface area contributed by atoms with Crippen LogP contribution in [0.1, 0.15) is 45.6 Å². The number of nitrogens with zero attached hydrogens (tertiary/aromatic N) is 12. The Morgan fingerprint density at radius 3 is 1.45 bits per heavy atom. The minimum Gasteiger partial charge on any atom is -0.489 e. The number of ether oxygens (including phenoxy) is 1. The predicted molar refractivity (Wildman–Crippen MR) is 388 cm³/mol. The van der Waals surface area contributed by atoms with E-state index in [9.17, 15) is 9.36 Å². The second kappa shape index (κ2) is 33.2. The molecule has 0 spiro atoms. The highest BCUT2D eigenvalue weighted by molar-refractivity contribution is 7.53. The fraction of sp³-hybridized carbons (Fsp3) is 0.145. The minimum atomic E-state index is -3.11. The van der Waals surface area contributed by atoms with Crippen LogP contribution in [0.25, 0.3) is 45.6 Å². The van der Waals surface area contributed by atoms with Crippen molar-refractivity contribution in [2.24, 2.45) is 0 Å². The summed E-state index contributed by atoms with van der Waals surface area (Å²) in [4.78, 5) is 64.0. The van der Waals surface area contributed by atoms with Gasteiger partial charge in [-0.25, -0.2) is 59.8 Å². The summed E-state index contributed by atoms with van der Waals surface area (Å²) in [6.07, 6.45) is 7.49. The summed E-state index contributed by atoms with van der Waals surface area (Å²) in [5, 5.41) is 26.5. The monoisotopic (exact) mass is 1380 g/mol. The Bertz CT molecular complexity index is 4760. The number of aryl methyl sites for hydroxylation is 3. The first-order chi connectivity index (χ1) is 47.2. The summed E-state index contributed by atoms with van der Waals surface area (Å²) in [5.74, 6) is 2.86. The Morgan fingerprint density at radius 2 is 0.969 bits per heavy atom. The number of thiazole rings is 4. The van der Waals surface area contributed by atoms with Crippen LogP contribution in [0.15, 0.2) is 197 Å². The molecule has 5 aromatic carbocycles. The van der Waals surface area contributed by atoms with E-state index in [0.29, 0.717) is 55.7 Å². The largest absolute Gasteiger partial charge is 0.489 e. The van der Waals surface area contributed by atoms with Crippen molar-refractivity contribution in [1.29, 1.82) is 0 Å². The number of nitrogen functional groups attached to an aromatic ring is 1. The highest BCUT2D eigenvalue weighted by Gasteiger charge is 2.24. The number of nitrogens with one attached hydrogen (secondary N) is 5. The molecule has 28 heteroatoms. The van der Waals surface area contributed by atoms with Crippen LogP contribution < -0.4 is 37.1 Å². The molecule has 1 aliphatic rings. The lowest BCUT2D eigenvalue weighted by atomic mass is 10.1. The van der Waals surface area contributed by atoms with E-state index >= 15 is 0 Å². The third-order valence-corrected chi connectivity index (χ3v) is 18.6. The van der Waals surface area contributed by atoms with E-state index in [-0.39, 0.29) is 12.1 Å². The number of nitrogens with two attached hydrogens (primary N) is 1. The van der Waals surface area contributed by atoms with Crippen molar-refractivity contribution in [3.05, 3.63) is 229 Å². The van der Waals surface area contributed by atoms with E-state index in [1.54, 1.807) is 78.2 Å². The maximum absolute atomic E-state index is 12.6. The zero-order chi connectivity index (χ0) is 67.4. The quantitative estimate of drug-likeness (QED) is 0.0288. The fourth-order valence-electron chi connectivity index (χ4n) is 9.31. The molecule has 0 atom stereocenters. The first-order valence-electron chi connectivity index (χ1n) is 30.3. The highest BCUT2D eigenvalue weighted by atomic mass is 32.1. The first-order valence-corrected chi connectivity index (χ1v) is 35.7. The van der Waals surface area contributed by atoms with Crippen LogP contribution in [0.2, 0.25) is 0 Å². The molecule has 13 aromatic rings. The first kappa shape index (κ1) is 67.8. The summed E-state index contributed by atoms with van der Waals surface area (Å²) in [5.41, 5.74) is 22.0. The molecule has 8 aromatic heterocycles. The van der Waals surface area contributed by atoms with Crippen molar-refractivity contribution in [1.82, 2.24) is 59.8 Å². The average Bonchev–Trinajstić information content (AvgIpc) is 1.80. The third kappa shape index (κ3) is 20.0. The fourth-order valence-corrected chi connectivity index (χ4v) is 13.4. The predicted octanol–water partition coefficient (Wildman–Crippen LogP) is 16.7. The van der Waals surface area contributed by atoms with Crippen LogP contribution in [0.4, 0.5) is 57.9 Å². The Hall–Kier alpha value is -10.6. The van der Waals surface area contributed by atoms with Gasteiger partial charge in [0.05, 0.1) is 74.8 Å². The molecule has 1 amide bonds. The van der Waals surface area contributed by atoms with E-state index in [0.717, 1.165) is 111 Å². The normalized spacial score (nSPS) is 11.3. The maximum atomic E-state index is 12.6. The Morgan fingerprint density at radius 1 is 0.485 bits per heavy atom. The van der Waals surface area contributed by atoms with Crippen molar-refractivity contribution in [3.63, 3.8) is 0 Å². The van der Waals surface area contributed by atoms with E-state index in [1.165, 1.54) is 11.3 Å². The van der Waals surface area contributed by atoms with Crippen LogP contribution in [0.5, 0.6) is 5.75 Å². The second-order valence-corrected chi connectivity index (χ2v) is 27.0. The number of benzene rings is 5. The van der Waals surface area contributed by atoms with E-state index < -0.39 is 7.60 Å². The van der Waals surface area contributed by atoms with Gasteiger partial charge in [0, 0.05) is 86.5 Å². The summed E-state index contributed by atoms with van der Waals surface area (Å²) < 4.78 is 29.2. The molecule has 14 rings (SSSR count). The Kier molecular flexibility index (Phi) is 23.2. The number of rotatable bonds is 21. The number of hydrogen-bond donors (Lipinski definition) is 6. The lowest BCUT2D eigenvalue weighted by Gasteiger charge is -2.17. The number of carbonyl (C=O) groups excluding carboxylic acids is 1. The molecular formula is C69H65N18O5PS4. The molecule has 490 valence electrons. The molecule has 97 heavy (non-hydrogen) atoms. The van der Waals surface area contributed by atoms with Gasteiger partial charge in [0.2, 0.25) is 29.7 Å². The summed E-state index contributed by atoms with van der Waals surface area (Å²) >= 11 is 6.32. The highest BCUT2D eigenvalue weighted by Crippen LogP contribution is 2.51. The zero-order valence-corrected chi connectivity index (χ0v) is 57.3. The molecule has 0 radical (unpaired) electrons. The van der Waals surface area contributed by atoms with Crippen molar-refractivity contribution in [2.75, 3.05) is 45.5 Å². The van der Waals surface area contributed by atoms with Crippen LogP contribution in [-0.2, 0) is 37.6 Å². The van der Waals surface area contributed by atoms with Crippen molar-refractivity contribution in [3.8, 4) is 51.3 Å². The number of anilines is 10. The van der Waals surface area contributed by atoms with Gasteiger partial charge in [0.25, 0.3) is 0 Å². The summed E-state index contributed by atoms with van der Waals surface area (Å²) in [6.45, 7) is 10.8. The molecule has 0 saturated heterocycles. The smallest absolute Gasteiger partial charge is 0.335 e. The van der Waals surface area contributed by atoms with Crippen LogP contribution in [-0.4, -0.2) is 78.9 Å². The Balaban J connectivity index is 0.000000132. The molecule has 0 aliphatic carbocycles. The molecular weight excluding hydrogens is 1320 g/mol. The minimum absolute atomic E-state index is 0.0225. The molecule has 0 bridgehead atoms. The van der Waals surface area contributed by atoms with E-state index in [2.05, 4.69) is 86.4 Å². The van der Waals surface area contributed by atoms with Crippen LogP contribution in [0, 0.1) is 20.8 Å². The van der Waals surface area contributed by atoms with Crippen molar-refractivity contribution < 1.29 is 23.1 Å². The van der Waals surface area contributed by atoms with Gasteiger partial charge in [-0.1, -0.05) is 54.6 Å². The lowest BCUT2D eigenvalue weighted by molar-refractivity contribution is -0.115. The molecule has 0 fully saturated rings. The summed E-state index contributed by atoms with van der Waals surface area (Å²) in [6, 6.07) is 46.0. The van der Waals surface area contributed by atoms with E-state index in [1.807, 2.05) is 188 Å². The van der Waals surface area contributed by atoms with Gasteiger partial charge >= 0.3 is 7.60 Å². The maximum Gasteiger partial charge on any atom is 0.335 e. The van der Waals surface area contributed by atoms with Gasteiger partial charge in [0.15, 0.2) is 0 Å². The molecule has 0 unspecified atom stereocenters. The topological polar surface area (TPSA) is 303 Å². The third-order valence-electron chi connectivity index (χ3n) is 13.7. The molecule has 1 aliphatic heterocycles. The molecule has 7 N–H and O–H groups in total. The van der Waals surface area contributed by atoms with Gasteiger partial charge in [0.1, 0.15) is 29.4 Å². The van der Waals surface area contributed by atoms with E-state index in [4.69, 9.17) is 19.5 Å². The van der Waals surface area contributed by atoms with Gasteiger partial charge in [-0.2, -0.15) is 0 Å². The van der Waals surface area contributed by atoms with Crippen LogP contribution in [0.3, 0.4) is 0 Å². The number of aromatic nitrogens is 12. The molecule has 9 heterocycles.